The zero-order chi connectivity index (χ0) is 21.2. The zero-order valence-corrected chi connectivity index (χ0v) is 16.5. The van der Waals surface area contributed by atoms with Crippen molar-refractivity contribution in [3.8, 4) is 11.5 Å². The number of ether oxygens (including phenoxy) is 2. The van der Waals surface area contributed by atoms with E-state index >= 15 is 0 Å². The highest BCUT2D eigenvalue weighted by molar-refractivity contribution is 5.70. The number of phenols is 1. The van der Waals surface area contributed by atoms with Gasteiger partial charge >= 0.3 is 5.97 Å². The predicted octanol–water partition coefficient (Wildman–Crippen LogP) is 3.60. The van der Waals surface area contributed by atoms with E-state index in [4.69, 9.17) is 9.47 Å². The Morgan fingerprint density at radius 3 is 2.72 bits per heavy atom. The number of carbonyl (C=O) groups is 1. The van der Waals surface area contributed by atoms with Gasteiger partial charge in [-0.15, -0.1) is 0 Å². The van der Waals surface area contributed by atoms with Gasteiger partial charge in [-0.2, -0.15) is 0 Å². The summed E-state index contributed by atoms with van der Waals surface area (Å²) in [6.45, 7) is 5.17. The number of hydrogen-bond donors (Lipinski definition) is 2. The third-order valence-corrected chi connectivity index (χ3v) is 5.24. The lowest BCUT2D eigenvalue weighted by Crippen LogP contribution is -2.59. The second-order valence-corrected chi connectivity index (χ2v) is 7.23. The molecule has 0 radical (unpaired) electrons. The van der Waals surface area contributed by atoms with Crippen LogP contribution in [0.15, 0.2) is 42.5 Å². The summed E-state index contributed by atoms with van der Waals surface area (Å²) in [4.78, 5) is 24.0. The van der Waals surface area contributed by atoms with Gasteiger partial charge in [0.2, 0.25) is 0 Å². The Balaban J connectivity index is 2.11. The maximum atomic E-state index is 12.3. The Morgan fingerprint density at radius 2 is 2.07 bits per heavy atom. The Labute approximate surface area is 168 Å². The molecule has 2 aromatic carbocycles. The number of anilines is 1. The molecule has 0 fully saturated rings. The summed E-state index contributed by atoms with van der Waals surface area (Å²) in [5.41, 5.74) is 0.156. The lowest BCUT2D eigenvalue weighted by atomic mass is 9.78. The second-order valence-electron chi connectivity index (χ2n) is 7.23. The van der Waals surface area contributed by atoms with Crippen molar-refractivity contribution in [1.29, 1.82) is 0 Å². The molecule has 2 aromatic rings. The van der Waals surface area contributed by atoms with Gasteiger partial charge in [0.05, 0.1) is 18.7 Å². The van der Waals surface area contributed by atoms with Crippen LogP contribution >= 0.6 is 0 Å². The Bertz CT molecular complexity index is 931. The normalized spacial score (nSPS) is 22.9. The van der Waals surface area contributed by atoms with Crippen LogP contribution in [0.1, 0.15) is 37.4 Å². The number of phenolic OH excluding ortho intramolecular Hbond substituents is 1. The number of benzene rings is 2. The maximum absolute atomic E-state index is 12.3. The fraction of sp³-hybridized carbons (Fsp3) is 0.381. The van der Waals surface area contributed by atoms with Crippen LogP contribution in [-0.2, 0) is 9.53 Å². The Morgan fingerprint density at radius 1 is 1.34 bits per heavy atom. The van der Waals surface area contributed by atoms with Crippen molar-refractivity contribution < 1.29 is 24.3 Å². The number of para-hydroxylation sites is 2. The van der Waals surface area contributed by atoms with E-state index in [9.17, 15) is 20.0 Å². The van der Waals surface area contributed by atoms with Crippen LogP contribution in [0.3, 0.4) is 0 Å². The van der Waals surface area contributed by atoms with E-state index in [-0.39, 0.29) is 18.8 Å². The molecule has 1 aliphatic rings. The van der Waals surface area contributed by atoms with Crippen molar-refractivity contribution >= 4 is 11.7 Å². The highest BCUT2D eigenvalue weighted by Gasteiger charge is 2.59. The number of esters is 1. The molecule has 0 saturated carbocycles. The van der Waals surface area contributed by atoms with Gasteiger partial charge in [-0.25, -0.2) is 0 Å². The fourth-order valence-electron chi connectivity index (χ4n) is 3.59. The summed E-state index contributed by atoms with van der Waals surface area (Å²) in [5, 5.41) is 25.6. The first kappa shape index (κ1) is 20.4. The van der Waals surface area contributed by atoms with E-state index in [1.54, 1.807) is 31.2 Å². The molecule has 0 amide bonds. The van der Waals surface area contributed by atoms with E-state index in [2.05, 4.69) is 5.32 Å². The van der Waals surface area contributed by atoms with Crippen molar-refractivity contribution in [2.75, 3.05) is 11.9 Å². The molecule has 0 spiro atoms. The molecule has 0 aromatic heterocycles. The molecule has 3 atom stereocenters. The fourth-order valence-corrected chi connectivity index (χ4v) is 3.59. The van der Waals surface area contributed by atoms with E-state index < -0.39 is 28.6 Å². The van der Waals surface area contributed by atoms with Gasteiger partial charge in [-0.3, -0.25) is 14.9 Å². The summed E-state index contributed by atoms with van der Waals surface area (Å²) in [5.74, 6) is -0.138. The average molecular weight is 400 g/mol. The number of aryl methyl sites for hydroxylation is 1. The van der Waals surface area contributed by atoms with Crippen molar-refractivity contribution in [3.63, 3.8) is 0 Å². The van der Waals surface area contributed by atoms with Crippen LogP contribution in [0.5, 0.6) is 11.5 Å². The lowest BCUT2D eigenvalue weighted by Gasteiger charge is -2.41. The third kappa shape index (κ3) is 3.83. The highest BCUT2D eigenvalue weighted by Crippen LogP contribution is 2.46. The number of aromatic hydroxyl groups is 1. The number of nitro groups is 1. The van der Waals surface area contributed by atoms with Gasteiger partial charge in [0.15, 0.2) is 6.10 Å². The van der Waals surface area contributed by atoms with Gasteiger partial charge < -0.3 is 19.9 Å². The third-order valence-electron chi connectivity index (χ3n) is 5.24. The number of carbonyl (C=O) groups excluding carboxylic acids is 1. The summed E-state index contributed by atoms with van der Waals surface area (Å²) >= 11 is 0. The van der Waals surface area contributed by atoms with Gasteiger partial charge in [0, 0.05) is 17.4 Å². The molecule has 0 unspecified atom stereocenters. The van der Waals surface area contributed by atoms with E-state index in [0.29, 0.717) is 17.0 Å². The van der Waals surface area contributed by atoms with Crippen LogP contribution in [0.2, 0.25) is 0 Å². The standard InChI is InChI=1S/C21H24N2O6/c1-4-28-19(25)12-18-21(3,23(26)27)20(22-15-7-5-6-8-16(15)24)14-11-13(2)9-10-17(14)29-18/h5-11,18,20,22,24H,4,12H2,1-3H3/t18-,20-,21-/m0/s1. The predicted molar refractivity (Wildman–Crippen MR) is 107 cm³/mol. The molecular weight excluding hydrogens is 376 g/mol. The van der Waals surface area contributed by atoms with Crippen LogP contribution < -0.4 is 10.1 Å². The van der Waals surface area contributed by atoms with Crippen LogP contribution in [0.25, 0.3) is 0 Å². The summed E-state index contributed by atoms with van der Waals surface area (Å²) in [6, 6.07) is 11.1. The molecule has 1 aliphatic heterocycles. The first-order chi connectivity index (χ1) is 13.8. The van der Waals surface area contributed by atoms with Gasteiger partial charge in [-0.1, -0.05) is 29.8 Å². The Hall–Kier alpha value is -3.29. The summed E-state index contributed by atoms with van der Waals surface area (Å²) in [7, 11) is 0. The molecule has 29 heavy (non-hydrogen) atoms. The number of fused-ring (bicyclic) bond motifs is 1. The van der Waals surface area contributed by atoms with Crippen molar-refractivity contribution in [1.82, 2.24) is 0 Å². The average Bonchev–Trinajstić information content (AvgIpc) is 2.67. The smallest absolute Gasteiger partial charge is 0.309 e. The first-order valence-electron chi connectivity index (χ1n) is 9.39. The number of hydrogen-bond acceptors (Lipinski definition) is 7. The van der Waals surface area contributed by atoms with Crippen LogP contribution in [-0.4, -0.2) is 34.2 Å². The maximum Gasteiger partial charge on any atom is 0.309 e. The second kappa shape index (κ2) is 7.98. The minimum absolute atomic E-state index is 0.0270. The van der Waals surface area contributed by atoms with E-state index in [0.717, 1.165) is 5.56 Å². The molecule has 1 heterocycles. The van der Waals surface area contributed by atoms with Gasteiger partial charge in [0.25, 0.3) is 5.54 Å². The molecule has 8 nitrogen and oxygen atoms in total. The topological polar surface area (TPSA) is 111 Å². The molecular formula is C21H24N2O6. The summed E-state index contributed by atoms with van der Waals surface area (Å²) in [6.07, 6.45) is -1.33. The lowest BCUT2D eigenvalue weighted by molar-refractivity contribution is -0.582. The van der Waals surface area contributed by atoms with Crippen molar-refractivity contribution in [2.45, 2.75) is 44.9 Å². The number of nitrogens with one attached hydrogen (secondary N) is 1. The molecule has 2 N–H and O–H groups in total. The molecule has 0 aliphatic carbocycles. The molecule has 3 rings (SSSR count). The molecule has 0 bridgehead atoms. The number of nitrogens with zero attached hydrogens (tertiary/aromatic N) is 1. The largest absolute Gasteiger partial charge is 0.506 e. The Kier molecular flexibility index (Phi) is 5.63. The van der Waals surface area contributed by atoms with E-state index in [1.807, 2.05) is 19.1 Å². The van der Waals surface area contributed by atoms with Crippen molar-refractivity contribution in [3.05, 3.63) is 63.7 Å². The molecule has 0 saturated heterocycles. The van der Waals surface area contributed by atoms with Crippen molar-refractivity contribution in [2.24, 2.45) is 0 Å². The van der Waals surface area contributed by atoms with E-state index in [1.165, 1.54) is 13.0 Å². The minimum Gasteiger partial charge on any atom is -0.506 e. The minimum atomic E-state index is -1.70. The monoisotopic (exact) mass is 400 g/mol. The molecule has 8 heteroatoms. The summed E-state index contributed by atoms with van der Waals surface area (Å²) < 4.78 is 10.9. The highest BCUT2D eigenvalue weighted by atomic mass is 16.6. The van der Waals surface area contributed by atoms with Gasteiger partial charge in [-0.05, 0) is 32.0 Å². The first-order valence-corrected chi connectivity index (χ1v) is 9.39. The quantitative estimate of drug-likeness (QED) is 0.330. The SMILES string of the molecule is CCOC(=O)C[C@@H]1Oc2ccc(C)cc2[C@H](Nc2ccccc2O)[C@@]1(C)[N+](=O)[O-]. The zero-order valence-electron chi connectivity index (χ0n) is 16.5. The molecule has 154 valence electrons. The van der Waals surface area contributed by atoms with Crippen LogP contribution in [0, 0.1) is 17.0 Å². The van der Waals surface area contributed by atoms with Gasteiger partial charge in [0.1, 0.15) is 17.5 Å². The van der Waals surface area contributed by atoms with Crippen LogP contribution in [0.4, 0.5) is 5.69 Å². The number of rotatable bonds is 6.